The third kappa shape index (κ3) is 8.15. The maximum absolute atomic E-state index is 13.3. The van der Waals surface area contributed by atoms with Crippen LogP contribution in [0.2, 0.25) is 5.02 Å². The summed E-state index contributed by atoms with van der Waals surface area (Å²) in [6.07, 6.45) is 2.07. The average Bonchev–Trinajstić information content (AvgIpc) is 2.99. The van der Waals surface area contributed by atoms with E-state index in [1.165, 1.54) is 4.90 Å². The average molecular weight is 503 g/mol. The van der Waals surface area contributed by atoms with Gasteiger partial charge in [0.15, 0.2) is 0 Å². The van der Waals surface area contributed by atoms with Crippen LogP contribution in [0.25, 0.3) is 0 Å². The molecule has 1 fully saturated rings. The molecule has 35 heavy (non-hydrogen) atoms. The van der Waals surface area contributed by atoms with Gasteiger partial charge in [-0.05, 0) is 75.8 Å². The van der Waals surface area contributed by atoms with E-state index in [0.717, 1.165) is 17.0 Å². The highest BCUT2D eigenvalue weighted by atomic mass is 35.5. The molecule has 0 aromatic heterocycles. The zero-order valence-electron chi connectivity index (χ0n) is 20.3. The van der Waals surface area contributed by atoms with Crippen molar-refractivity contribution >= 4 is 29.2 Å². The summed E-state index contributed by atoms with van der Waals surface area (Å²) in [7, 11) is 0. The summed E-state index contributed by atoms with van der Waals surface area (Å²) in [4.78, 5) is 26.2. The summed E-state index contributed by atoms with van der Waals surface area (Å²) in [5.41, 5.74) is 1.80. The number of amides is 1. The molecular formula is C27H35ClN2O5. The van der Waals surface area contributed by atoms with E-state index in [-0.39, 0.29) is 30.5 Å². The summed E-state index contributed by atoms with van der Waals surface area (Å²) in [6, 6.07) is 14.7. The number of hydrogen-bond acceptors (Lipinski definition) is 5. The first-order valence-electron chi connectivity index (χ1n) is 12.2. The molecule has 0 unspecified atom stereocenters. The van der Waals surface area contributed by atoms with Gasteiger partial charge >= 0.3 is 5.97 Å². The Bertz CT molecular complexity index is 982. The zero-order valence-corrected chi connectivity index (χ0v) is 21.1. The van der Waals surface area contributed by atoms with Crippen LogP contribution in [0.1, 0.15) is 45.1 Å². The monoisotopic (exact) mass is 502 g/mol. The van der Waals surface area contributed by atoms with Crippen LogP contribution in [-0.4, -0.2) is 58.3 Å². The van der Waals surface area contributed by atoms with Gasteiger partial charge in [0, 0.05) is 17.5 Å². The molecule has 2 aromatic rings. The second-order valence-corrected chi connectivity index (χ2v) is 9.80. The lowest BCUT2D eigenvalue weighted by Crippen LogP contribution is -2.41. The van der Waals surface area contributed by atoms with Gasteiger partial charge in [-0.15, -0.1) is 0 Å². The van der Waals surface area contributed by atoms with Gasteiger partial charge in [0.1, 0.15) is 12.3 Å². The normalized spacial score (nSPS) is 20.2. The minimum Gasteiger partial charge on any atom is -0.489 e. The first-order chi connectivity index (χ1) is 16.7. The molecule has 0 aliphatic heterocycles. The van der Waals surface area contributed by atoms with Crippen LogP contribution in [0.4, 0.5) is 5.69 Å². The molecule has 3 N–H and O–H groups in total. The minimum atomic E-state index is -1.04. The van der Waals surface area contributed by atoms with Gasteiger partial charge in [0.05, 0.1) is 23.9 Å². The predicted octanol–water partition coefficient (Wildman–Crippen LogP) is 4.61. The van der Waals surface area contributed by atoms with Crippen LogP contribution in [0.15, 0.2) is 48.5 Å². The Morgan fingerprint density at radius 1 is 1.09 bits per heavy atom. The molecule has 2 aromatic carbocycles. The van der Waals surface area contributed by atoms with E-state index in [1.807, 2.05) is 50.2 Å². The SMILES string of the molecule is CC(C)Oc1ccccc1N[C@H]1CC[C@@H](C(=O)N(CCc2ccc(Cl)cc2)CC(=O)O)CC[C@@H]1O. The molecule has 0 saturated heterocycles. The Hall–Kier alpha value is -2.77. The van der Waals surface area contributed by atoms with Gasteiger partial charge in [-0.2, -0.15) is 0 Å². The van der Waals surface area contributed by atoms with E-state index >= 15 is 0 Å². The number of carboxylic acids is 1. The van der Waals surface area contributed by atoms with Crippen molar-refractivity contribution in [3.8, 4) is 5.75 Å². The molecule has 1 aliphatic rings. The fourth-order valence-electron chi connectivity index (χ4n) is 4.45. The molecule has 3 rings (SSSR count). The predicted molar refractivity (Wildman–Crippen MR) is 137 cm³/mol. The van der Waals surface area contributed by atoms with Crippen LogP contribution in [0.5, 0.6) is 5.75 Å². The molecule has 8 heteroatoms. The number of benzene rings is 2. The summed E-state index contributed by atoms with van der Waals surface area (Å²) in [5, 5.41) is 24.2. The third-order valence-corrected chi connectivity index (χ3v) is 6.51. The molecule has 0 spiro atoms. The van der Waals surface area contributed by atoms with Gasteiger partial charge in [0.25, 0.3) is 0 Å². The van der Waals surface area contributed by atoms with Gasteiger partial charge in [0.2, 0.25) is 5.91 Å². The largest absolute Gasteiger partial charge is 0.489 e. The van der Waals surface area contributed by atoms with Crippen LogP contribution in [-0.2, 0) is 16.0 Å². The number of aliphatic carboxylic acids is 1. The number of ether oxygens (including phenoxy) is 1. The topological polar surface area (TPSA) is 99.1 Å². The third-order valence-electron chi connectivity index (χ3n) is 6.26. The summed E-state index contributed by atoms with van der Waals surface area (Å²) in [5.74, 6) is -0.813. The van der Waals surface area contributed by atoms with Crippen molar-refractivity contribution in [3.05, 3.63) is 59.1 Å². The van der Waals surface area contributed by atoms with E-state index in [0.29, 0.717) is 43.7 Å². The highest BCUT2D eigenvalue weighted by molar-refractivity contribution is 6.30. The number of para-hydroxylation sites is 2. The van der Waals surface area contributed by atoms with Crippen molar-refractivity contribution < 1.29 is 24.5 Å². The molecule has 190 valence electrons. The minimum absolute atomic E-state index is 0.0205. The van der Waals surface area contributed by atoms with E-state index in [2.05, 4.69) is 5.32 Å². The molecule has 1 saturated carbocycles. The van der Waals surface area contributed by atoms with Crippen molar-refractivity contribution in [2.45, 2.75) is 64.2 Å². The van der Waals surface area contributed by atoms with Gasteiger partial charge < -0.3 is 25.2 Å². The number of carbonyl (C=O) groups is 2. The number of nitrogens with zero attached hydrogens (tertiary/aromatic N) is 1. The second-order valence-electron chi connectivity index (χ2n) is 9.36. The zero-order chi connectivity index (χ0) is 25.4. The number of nitrogens with one attached hydrogen (secondary N) is 1. The molecule has 3 atom stereocenters. The number of halogens is 1. The second kappa shape index (κ2) is 12.8. The molecule has 0 heterocycles. The van der Waals surface area contributed by atoms with Gasteiger partial charge in [-0.25, -0.2) is 0 Å². The Kier molecular flexibility index (Phi) is 9.81. The lowest BCUT2D eigenvalue weighted by atomic mass is 9.98. The molecule has 7 nitrogen and oxygen atoms in total. The molecule has 0 radical (unpaired) electrons. The number of aliphatic hydroxyl groups is 1. The van der Waals surface area contributed by atoms with Crippen molar-refractivity contribution in [1.82, 2.24) is 4.90 Å². The van der Waals surface area contributed by atoms with E-state index in [4.69, 9.17) is 16.3 Å². The maximum Gasteiger partial charge on any atom is 0.323 e. The summed E-state index contributed by atoms with van der Waals surface area (Å²) < 4.78 is 5.88. The maximum atomic E-state index is 13.3. The number of anilines is 1. The lowest BCUT2D eigenvalue weighted by Gasteiger charge is -2.26. The van der Waals surface area contributed by atoms with Crippen LogP contribution < -0.4 is 10.1 Å². The van der Waals surface area contributed by atoms with Crippen molar-refractivity contribution in [1.29, 1.82) is 0 Å². The van der Waals surface area contributed by atoms with Crippen molar-refractivity contribution in [2.75, 3.05) is 18.4 Å². The van der Waals surface area contributed by atoms with Gasteiger partial charge in [-0.1, -0.05) is 35.9 Å². The summed E-state index contributed by atoms with van der Waals surface area (Å²) >= 11 is 5.94. The number of carbonyl (C=O) groups excluding carboxylic acids is 1. The highest BCUT2D eigenvalue weighted by Gasteiger charge is 2.32. The quantitative estimate of drug-likeness (QED) is 0.410. The lowest BCUT2D eigenvalue weighted by molar-refractivity contribution is -0.146. The van der Waals surface area contributed by atoms with Crippen LogP contribution >= 0.6 is 11.6 Å². The standard InChI is InChI=1S/C27H35ClN2O5/c1-18(2)35-25-6-4-3-5-23(25)29-22-13-9-20(10-14-24(22)31)27(34)30(17-26(32)33)16-15-19-7-11-21(28)12-8-19/h3-8,11-12,18,20,22,24,29,31H,9-10,13-17H2,1-2H3,(H,32,33)/t20-,22+,24+/m1/s1. The fraction of sp³-hybridized carbons (Fsp3) is 0.481. The van der Waals surface area contributed by atoms with Crippen LogP contribution in [0, 0.1) is 5.92 Å². The molecule has 0 bridgehead atoms. The highest BCUT2D eigenvalue weighted by Crippen LogP contribution is 2.31. The molecule has 1 aliphatic carbocycles. The Morgan fingerprint density at radius 2 is 1.77 bits per heavy atom. The number of hydrogen-bond donors (Lipinski definition) is 3. The Labute approximate surface area is 212 Å². The first-order valence-corrected chi connectivity index (χ1v) is 12.6. The Balaban J connectivity index is 1.64. The smallest absolute Gasteiger partial charge is 0.323 e. The van der Waals surface area contributed by atoms with E-state index < -0.39 is 12.1 Å². The summed E-state index contributed by atoms with van der Waals surface area (Å²) in [6.45, 7) is 3.90. The first kappa shape index (κ1) is 26.8. The fourth-order valence-corrected chi connectivity index (χ4v) is 4.58. The van der Waals surface area contributed by atoms with Crippen molar-refractivity contribution in [2.24, 2.45) is 5.92 Å². The molecule has 1 amide bonds. The van der Waals surface area contributed by atoms with Crippen LogP contribution in [0.3, 0.4) is 0 Å². The van der Waals surface area contributed by atoms with E-state index in [1.54, 1.807) is 12.1 Å². The number of aliphatic hydroxyl groups excluding tert-OH is 1. The number of carboxylic acid groups (broad SMARTS) is 1. The van der Waals surface area contributed by atoms with Crippen molar-refractivity contribution in [3.63, 3.8) is 0 Å². The Morgan fingerprint density at radius 3 is 2.46 bits per heavy atom. The van der Waals surface area contributed by atoms with E-state index in [9.17, 15) is 19.8 Å². The van der Waals surface area contributed by atoms with Gasteiger partial charge in [-0.3, -0.25) is 9.59 Å². The number of rotatable bonds is 10. The molecular weight excluding hydrogens is 468 g/mol.